The number of methoxy groups -OCH3 is 2. The Morgan fingerprint density at radius 2 is 1.80 bits per heavy atom. The highest BCUT2D eigenvalue weighted by Crippen LogP contribution is 2.41. The van der Waals surface area contributed by atoms with Crippen LogP contribution in [0.1, 0.15) is 24.2 Å². The third-order valence-electron chi connectivity index (χ3n) is 4.87. The number of hydrogen-bond donors (Lipinski definition) is 1. The van der Waals surface area contributed by atoms with Gasteiger partial charge in [0.05, 0.1) is 38.1 Å². The predicted octanol–water partition coefficient (Wildman–Crippen LogP) is 3.97. The second kappa shape index (κ2) is 8.77. The van der Waals surface area contributed by atoms with Crippen LogP contribution in [0.25, 0.3) is 0 Å². The number of rotatable bonds is 6. The van der Waals surface area contributed by atoms with Crippen molar-refractivity contribution in [1.82, 2.24) is 5.06 Å². The molecule has 2 aromatic carbocycles. The van der Waals surface area contributed by atoms with Gasteiger partial charge in [-0.05, 0) is 32.0 Å². The minimum absolute atomic E-state index is 0.218. The lowest BCUT2D eigenvalue weighted by atomic mass is 9.90. The number of amides is 1. The maximum atomic E-state index is 13.3. The second-order valence-electron chi connectivity index (χ2n) is 6.60. The summed E-state index contributed by atoms with van der Waals surface area (Å²) in [6.45, 7) is 3.98. The van der Waals surface area contributed by atoms with Crippen molar-refractivity contribution in [2.75, 3.05) is 25.7 Å². The maximum Gasteiger partial charge on any atom is 0.412 e. The fourth-order valence-electron chi connectivity index (χ4n) is 3.33. The Morgan fingerprint density at radius 3 is 2.37 bits per heavy atom. The summed E-state index contributed by atoms with van der Waals surface area (Å²) < 4.78 is 10.6. The zero-order chi connectivity index (χ0) is 21.8. The van der Waals surface area contributed by atoms with Gasteiger partial charge >= 0.3 is 6.09 Å². The van der Waals surface area contributed by atoms with E-state index in [4.69, 9.17) is 14.3 Å². The normalized spacial score (nSPS) is 16.8. The van der Waals surface area contributed by atoms with Crippen LogP contribution in [0, 0.1) is 0 Å². The molecule has 2 aromatic rings. The molecule has 30 heavy (non-hydrogen) atoms. The van der Waals surface area contributed by atoms with Gasteiger partial charge in [-0.1, -0.05) is 18.2 Å². The van der Waals surface area contributed by atoms with Crippen molar-refractivity contribution in [3.8, 4) is 17.2 Å². The Hall–Kier alpha value is -3.68. The quantitative estimate of drug-likeness (QED) is 0.567. The molecule has 0 bridgehead atoms. The van der Waals surface area contributed by atoms with Crippen molar-refractivity contribution < 1.29 is 29.0 Å². The van der Waals surface area contributed by atoms with Crippen LogP contribution in [-0.4, -0.2) is 48.9 Å². The van der Waals surface area contributed by atoms with Crippen LogP contribution in [0.4, 0.5) is 10.5 Å². The van der Waals surface area contributed by atoms with E-state index in [1.165, 1.54) is 31.4 Å². The fraction of sp³-hybridized carbons (Fsp3) is 0.273. The molecule has 1 heterocycles. The van der Waals surface area contributed by atoms with E-state index >= 15 is 0 Å². The van der Waals surface area contributed by atoms with E-state index in [-0.39, 0.29) is 22.6 Å². The first-order valence-corrected chi connectivity index (χ1v) is 9.45. The van der Waals surface area contributed by atoms with Crippen molar-refractivity contribution in [3.63, 3.8) is 0 Å². The van der Waals surface area contributed by atoms with Gasteiger partial charge in [0.25, 0.3) is 0 Å². The Labute approximate surface area is 174 Å². The molecule has 8 nitrogen and oxygen atoms in total. The first-order valence-electron chi connectivity index (χ1n) is 9.45. The lowest BCUT2D eigenvalue weighted by Crippen LogP contribution is -2.45. The van der Waals surface area contributed by atoms with Crippen LogP contribution in [0.5, 0.6) is 17.2 Å². The highest BCUT2D eigenvalue weighted by atomic mass is 16.7. The summed E-state index contributed by atoms with van der Waals surface area (Å²) in [6, 6.07) is 11.4. The largest absolute Gasteiger partial charge is 0.493 e. The van der Waals surface area contributed by atoms with Crippen LogP contribution in [0.3, 0.4) is 0 Å². The van der Waals surface area contributed by atoms with Gasteiger partial charge in [-0.15, -0.1) is 0 Å². The number of anilines is 1. The van der Waals surface area contributed by atoms with Crippen LogP contribution < -0.4 is 19.2 Å². The number of benzene rings is 2. The number of fused-ring (bicyclic) bond motifs is 1. The minimum atomic E-state index is -1.18. The Morgan fingerprint density at radius 1 is 1.17 bits per heavy atom. The summed E-state index contributed by atoms with van der Waals surface area (Å²) in [5.74, 6) is 0.995. The number of ether oxygens (including phenoxy) is 2. The molecular weight excluding hydrogens is 388 g/mol. The maximum absolute atomic E-state index is 13.3. The van der Waals surface area contributed by atoms with Gasteiger partial charge in [0.1, 0.15) is 0 Å². The van der Waals surface area contributed by atoms with Gasteiger partial charge in [0, 0.05) is 17.8 Å². The summed E-state index contributed by atoms with van der Waals surface area (Å²) in [5.41, 5.74) is 0.756. The fourth-order valence-corrected chi connectivity index (χ4v) is 3.33. The number of nitrogens with zero attached hydrogens (tertiary/aromatic N) is 2. The lowest BCUT2D eigenvalue weighted by molar-refractivity contribution is -0.00320. The SMILES string of the molecule is CCN(C=C1C(=O)c2cc(OC)c(OC)cc2N(C(=O)O)C1C)Oc1ccccc1. The Balaban J connectivity index is 2.07. The summed E-state index contributed by atoms with van der Waals surface area (Å²) in [7, 11) is 2.91. The molecule has 1 atom stereocenters. The average molecular weight is 412 g/mol. The van der Waals surface area contributed by atoms with Crippen molar-refractivity contribution >= 4 is 17.6 Å². The molecule has 1 unspecified atom stereocenters. The number of hydroxylamine groups is 2. The van der Waals surface area contributed by atoms with Gasteiger partial charge in [-0.3, -0.25) is 9.69 Å². The van der Waals surface area contributed by atoms with Crippen molar-refractivity contribution in [1.29, 1.82) is 0 Å². The monoisotopic (exact) mass is 412 g/mol. The number of ketones is 1. The molecule has 8 heteroatoms. The first kappa shape index (κ1) is 21.0. The number of carbonyl (C=O) groups is 2. The number of carboxylic acid groups (broad SMARTS) is 1. The van der Waals surface area contributed by atoms with Crippen LogP contribution in [0.15, 0.2) is 54.2 Å². The molecule has 0 saturated carbocycles. The number of Topliss-reactive ketones (excluding diaryl/α,β-unsaturated/α-hetero) is 1. The topological polar surface area (TPSA) is 88.5 Å². The van der Waals surface area contributed by atoms with E-state index in [2.05, 4.69) is 0 Å². The summed E-state index contributed by atoms with van der Waals surface area (Å²) >= 11 is 0. The third kappa shape index (κ3) is 3.89. The summed E-state index contributed by atoms with van der Waals surface area (Å²) in [4.78, 5) is 32.3. The van der Waals surface area contributed by atoms with E-state index in [1.807, 2.05) is 25.1 Å². The van der Waals surface area contributed by atoms with Crippen molar-refractivity contribution in [2.24, 2.45) is 0 Å². The molecule has 0 aliphatic carbocycles. The Bertz CT molecular complexity index is 973. The smallest absolute Gasteiger partial charge is 0.412 e. The van der Waals surface area contributed by atoms with Gasteiger partial charge in [0.2, 0.25) is 0 Å². The standard InChI is InChI=1S/C22H24N2O6/c1-5-23(30-15-9-7-6-8-10-15)13-17-14(2)24(22(26)27)18-12-20(29-4)19(28-3)11-16(18)21(17)25/h6-14H,5H2,1-4H3,(H,26,27). The molecule has 1 aliphatic heterocycles. The zero-order valence-electron chi connectivity index (χ0n) is 17.3. The molecule has 3 rings (SSSR count). The highest BCUT2D eigenvalue weighted by Gasteiger charge is 2.38. The van der Waals surface area contributed by atoms with Crippen molar-refractivity contribution in [3.05, 3.63) is 59.8 Å². The minimum Gasteiger partial charge on any atom is -0.493 e. The summed E-state index contributed by atoms with van der Waals surface area (Å²) in [6.07, 6.45) is 0.372. The summed E-state index contributed by atoms with van der Waals surface area (Å²) in [5, 5.41) is 11.4. The van der Waals surface area contributed by atoms with Crippen LogP contribution in [-0.2, 0) is 0 Å². The molecule has 0 aromatic heterocycles. The number of hydrogen-bond acceptors (Lipinski definition) is 6. The van der Waals surface area contributed by atoms with Gasteiger partial charge in [-0.25, -0.2) is 9.86 Å². The number of carbonyl (C=O) groups excluding carboxylic acids is 1. The molecule has 1 aliphatic rings. The van der Waals surface area contributed by atoms with E-state index in [0.29, 0.717) is 23.8 Å². The highest BCUT2D eigenvalue weighted by molar-refractivity contribution is 6.18. The second-order valence-corrected chi connectivity index (χ2v) is 6.60. The third-order valence-corrected chi connectivity index (χ3v) is 4.87. The lowest BCUT2D eigenvalue weighted by Gasteiger charge is -2.35. The number of para-hydroxylation sites is 1. The van der Waals surface area contributed by atoms with E-state index in [9.17, 15) is 14.7 Å². The van der Waals surface area contributed by atoms with E-state index in [0.717, 1.165) is 4.90 Å². The molecule has 158 valence electrons. The molecule has 0 saturated heterocycles. The molecule has 1 amide bonds. The first-order chi connectivity index (χ1) is 14.4. The van der Waals surface area contributed by atoms with Gasteiger partial charge in [-0.2, -0.15) is 0 Å². The molecule has 0 spiro atoms. The van der Waals surface area contributed by atoms with E-state index < -0.39 is 12.1 Å². The van der Waals surface area contributed by atoms with E-state index in [1.54, 1.807) is 25.3 Å². The van der Waals surface area contributed by atoms with Gasteiger partial charge in [0.15, 0.2) is 23.0 Å². The average Bonchev–Trinajstić information content (AvgIpc) is 2.75. The predicted molar refractivity (Wildman–Crippen MR) is 111 cm³/mol. The molecular formula is C22H24N2O6. The molecule has 0 fully saturated rings. The van der Waals surface area contributed by atoms with Gasteiger partial charge < -0.3 is 19.4 Å². The molecule has 0 radical (unpaired) electrons. The van der Waals surface area contributed by atoms with Crippen molar-refractivity contribution in [2.45, 2.75) is 19.9 Å². The van der Waals surface area contributed by atoms with Crippen LogP contribution in [0.2, 0.25) is 0 Å². The molecule has 1 N–H and O–H groups in total. The zero-order valence-corrected chi connectivity index (χ0v) is 17.3. The van der Waals surface area contributed by atoms with Crippen LogP contribution >= 0.6 is 0 Å². The Kier molecular flexibility index (Phi) is 6.15.